The summed E-state index contributed by atoms with van der Waals surface area (Å²) in [5, 5.41) is 8.98. The summed E-state index contributed by atoms with van der Waals surface area (Å²) in [6, 6.07) is 0. The number of carbonyl (C=O) groups is 1. The van der Waals surface area contributed by atoms with Crippen molar-refractivity contribution in [2.45, 2.75) is 32.6 Å². The molecule has 68 valence electrons. The van der Waals surface area contributed by atoms with E-state index >= 15 is 0 Å². The van der Waals surface area contributed by atoms with Crippen molar-refractivity contribution in [1.82, 2.24) is 0 Å². The first-order valence-electron chi connectivity index (χ1n) is 4.93. The maximum Gasteiger partial charge on any atom is 0.306 e. The highest BCUT2D eigenvalue weighted by Gasteiger charge is 2.46. The fourth-order valence-electron chi connectivity index (χ4n) is 3.26. The predicted octanol–water partition coefficient (Wildman–Crippen LogP) is 2.14. The quantitative estimate of drug-likeness (QED) is 0.651. The highest BCUT2D eigenvalue weighted by Crippen LogP contribution is 2.50. The van der Waals surface area contributed by atoms with Crippen LogP contribution in [0, 0.1) is 23.7 Å². The van der Waals surface area contributed by atoms with Gasteiger partial charge in [-0.3, -0.25) is 4.79 Å². The molecule has 12 heavy (non-hydrogen) atoms. The molecular formula is C10H16O2. The molecule has 0 aliphatic heterocycles. The van der Waals surface area contributed by atoms with Crippen molar-refractivity contribution in [1.29, 1.82) is 0 Å². The summed E-state index contributed by atoms with van der Waals surface area (Å²) in [7, 11) is 0. The first-order valence-corrected chi connectivity index (χ1v) is 4.93. The summed E-state index contributed by atoms with van der Waals surface area (Å²) in [4.78, 5) is 10.9. The van der Waals surface area contributed by atoms with E-state index < -0.39 is 5.97 Å². The molecule has 2 aliphatic carbocycles. The third kappa shape index (κ3) is 1.05. The van der Waals surface area contributed by atoms with Gasteiger partial charge in [-0.2, -0.15) is 0 Å². The second kappa shape index (κ2) is 2.75. The lowest BCUT2D eigenvalue weighted by Crippen LogP contribution is -2.18. The van der Waals surface area contributed by atoms with Gasteiger partial charge in [0.1, 0.15) is 0 Å². The molecule has 2 heteroatoms. The van der Waals surface area contributed by atoms with Crippen LogP contribution in [0.3, 0.4) is 0 Å². The summed E-state index contributed by atoms with van der Waals surface area (Å²) in [6.45, 7) is 2.21. The van der Waals surface area contributed by atoms with E-state index in [-0.39, 0.29) is 5.92 Å². The van der Waals surface area contributed by atoms with E-state index in [1.807, 2.05) is 0 Å². The van der Waals surface area contributed by atoms with E-state index in [0.717, 1.165) is 18.8 Å². The molecule has 0 spiro atoms. The normalized spacial score (nSPS) is 46.1. The van der Waals surface area contributed by atoms with Crippen LogP contribution in [-0.4, -0.2) is 11.1 Å². The lowest BCUT2D eigenvalue weighted by atomic mass is 9.91. The monoisotopic (exact) mass is 168 g/mol. The maximum atomic E-state index is 10.9. The third-order valence-electron chi connectivity index (χ3n) is 3.82. The Balaban J connectivity index is 2.14. The molecule has 0 aromatic carbocycles. The fourth-order valence-corrected chi connectivity index (χ4v) is 3.26. The third-order valence-corrected chi connectivity index (χ3v) is 3.82. The van der Waals surface area contributed by atoms with Gasteiger partial charge in [0.15, 0.2) is 0 Å². The Morgan fingerprint density at radius 1 is 1.33 bits per heavy atom. The van der Waals surface area contributed by atoms with Gasteiger partial charge in [-0.1, -0.05) is 13.3 Å². The van der Waals surface area contributed by atoms with Crippen molar-refractivity contribution in [3.8, 4) is 0 Å². The van der Waals surface area contributed by atoms with Gasteiger partial charge in [0.25, 0.3) is 0 Å². The number of hydrogen-bond donors (Lipinski definition) is 1. The van der Waals surface area contributed by atoms with Crippen LogP contribution < -0.4 is 0 Å². The first kappa shape index (κ1) is 8.09. The molecule has 0 radical (unpaired) electrons. The van der Waals surface area contributed by atoms with Gasteiger partial charge in [-0.15, -0.1) is 0 Å². The highest BCUT2D eigenvalue weighted by atomic mass is 16.4. The Morgan fingerprint density at radius 2 is 2.00 bits per heavy atom. The Labute approximate surface area is 73.0 Å². The molecule has 2 nitrogen and oxygen atoms in total. The second-order valence-corrected chi connectivity index (χ2v) is 4.42. The molecule has 2 fully saturated rings. The molecule has 0 amide bonds. The van der Waals surface area contributed by atoms with Crippen LogP contribution in [0.4, 0.5) is 0 Å². The molecule has 1 N–H and O–H groups in total. The maximum absolute atomic E-state index is 10.9. The van der Waals surface area contributed by atoms with Crippen LogP contribution >= 0.6 is 0 Å². The van der Waals surface area contributed by atoms with Crippen LogP contribution in [-0.2, 0) is 4.79 Å². The Hall–Kier alpha value is -0.530. The number of hydrogen-bond acceptors (Lipinski definition) is 1. The molecule has 0 bridgehead atoms. The lowest BCUT2D eigenvalue weighted by molar-refractivity contribution is -0.143. The SMILES string of the molecule is CC1CC(C(=O)O)C2CCCC12. The summed E-state index contributed by atoms with van der Waals surface area (Å²) >= 11 is 0. The standard InChI is InChI=1S/C10H16O2/c1-6-5-9(10(11)12)8-4-2-3-7(6)8/h6-9H,2-5H2,1H3,(H,11,12). The first-order chi connectivity index (χ1) is 5.70. The van der Waals surface area contributed by atoms with Crippen LogP contribution in [0.2, 0.25) is 0 Å². The number of aliphatic carboxylic acids is 1. The smallest absolute Gasteiger partial charge is 0.306 e. The fraction of sp³-hybridized carbons (Fsp3) is 0.900. The Bertz CT molecular complexity index is 200. The van der Waals surface area contributed by atoms with Gasteiger partial charge in [0, 0.05) is 0 Å². The van der Waals surface area contributed by atoms with Crippen LogP contribution in [0.25, 0.3) is 0 Å². The van der Waals surface area contributed by atoms with Crippen molar-refractivity contribution in [3.63, 3.8) is 0 Å². The van der Waals surface area contributed by atoms with E-state index in [1.165, 1.54) is 12.8 Å². The molecular weight excluding hydrogens is 152 g/mol. The summed E-state index contributed by atoms with van der Waals surface area (Å²) < 4.78 is 0. The van der Waals surface area contributed by atoms with Gasteiger partial charge in [0.05, 0.1) is 5.92 Å². The minimum Gasteiger partial charge on any atom is -0.481 e. The summed E-state index contributed by atoms with van der Waals surface area (Å²) in [5.41, 5.74) is 0. The number of carboxylic acid groups (broad SMARTS) is 1. The van der Waals surface area contributed by atoms with E-state index in [4.69, 9.17) is 5.11 Å². The lowest BCUT2D eigenvalue weighted by Gasteiger charge is -2.14. The van der Waals surface area contributed by atoms with Crippen molar-refractivity contribution < 1.29 is 9.90 Å². The molecule has 0 saturated heterocycles. The van der Waals surface area contributed by atoms with Gasteiger partial charge in [-0.25, -0.2) is 0 Å². The van der Waals surface area contributed by atoms with Crippen LogP contribution in [0.15, 0.2) is 0 Å². The predicted molar refractivity (Wildman–Crippen MR) is 45.7 cm³/mol. The Kier molecular flexibility index (Phi) is 1.85. The zero-order valence-corrected chi connectivity index (χ0v) is 7.49. The Morgan fingerprint density at radius 3 is 2.67 bits per heavy atom. The molecule has 2 aliphatic rings. The van der Waals surface area contributed by atoms with Gasteiger partial charge in [-0.05, 0) is 37.0 Å². The van der Waals surface area contributed by atoms with Gasteiger partial charge >= 0.3 is 5.97 Å². The second-order valence-electron chi connectivity index (χ2n) is 4.42. The number of rotatable bonds is 1. The summed E-state index contributed by atoms with van der Waals surface area (Å²) in [6.07, 6.45) is 4.61. The average Bonchev–Trinajstić information content (AvgIpc) is 2.53. The molecule has 0 aromatic heterocycles. The molecule has 2 rings (SSSR count). The van der Waals surface area contributed by atoms with Gasteiger partial charge < -0.3 is 5.11 Å². The van der Waals surface area contributed by atoms with E-state index in [2.05, 4.69) is 6.92 Å². The van der Waals surface area contributed by atoms with E-state index in [0.29, 0.717) is 11.8 Å². The van der Waals surface area contributed by atoms with E-state index in [1.54, 1.807) is 0 Å². The molecule has 0 heterocycles. The minimum absolute atomic E-state index is 0.0208. The summed E-state index contributed by atoms with van der Waals surface area (Å²) in [5.74, 6) is 1.31. The zero-order chi connectivity index (χ0) is 8.72. The zero-order valence-electron chi connectivity index (χ0n) is 7.49. The topological polar surface area (TPSA) is 37.3 Å². The van der Waals surface area contributed by atoms with Crippen molar-refractivity contribution in [2.75, 3.05) is 0 Å². The van der Waals surface area contributed by atoms with Crippen molar-refractivity contribution >= 4 is 5.97 Å². The van der Waals surface area contributed by atoms with Crippen molar-refractivity contribution in [3.05, 3.63) is 0 Å². The number of fused-ring (bicyclic) bond motifs is 1. The van der Waals surface area contributed by atoms with Crippen LogP contribution in [0.1, 0.15) is 32.6 Å². The largest absolute Gasteiger partial charge is 0.481 e. The van der Waals surface area contributed by atoms with Crippen molar-refractivity contribution in [2.24, 2.45) is 23.7 Å². The average molecular weight is 168 g/mol. The van der Waals surface area contributed by atoms with E-state index in [9.17, 15) is 4.79 Å². The molecule has 0 aromatic rings. The molecule has 4 unspecified atom stereocenters. The number of carboxylic acids is 1. The van der Waals surface area contributed by atoms with Crippen LogP contribution in [0.5, 0.6) is 0 Å². The molecule has 2 saturated carbocycles. The van der Waals surface area contributed by atoms with Gasteiger partial charge in [0.2, 0.25) is 0 Å². The highest BCUT2D eigenvalue weighted by molar-refractivity contribution is 5.71. The minimum atomic E-state index is -0.559. The molecule has 4 atom stereocenters.